The molecule has 0 spiro atoms. The van der Waals surface area contributed by atoms with E-state index in [0.717, 1.165) is 12.1 Å². The van der Waals surface area contributed by atoms with Gasteiger partial charge in [0.2, 0.25) is 5.24 Å². The number of aromatic nitrogens is 1. The number of carbonyl (C=O) groups excluding carboxylic acids is 2. The molecule has 2 aromatic carbocycles. The van der Waals surface area contributed by atoms with Crippen LogP contribution >= 0.6 is 11.6 Å². The van der Waals surface area contributed by atoms with Gasteiger partial charge in [-0.15, -0.1) is 0 Å². The van der Waals surface area contributed by atoms with Gasteiger partial charge in [-0.25, -0.2) is 8.78 Å². The second-order valence-corrected chi connectivity index (χ2v) is 5.56. The summed E-state index contributed by atoms with van der Waals surface area (Å²) < 4.78 is 29.0. The van der Waals surface area contributed by atoms with Crippen molar-refractivity contribution in [3.05, 3.63) is 90.8 Å². The fraction of sp³-hybridized carbons (Fsp3) is 0.0952. The van der Waals surface area contributed by atoms with Crippen LogP contribution in [-0.2, 0) is 9.59 Å². The lowest BCUT2D eigenvalue weighted by Crippen LogP contribution is -2.01. The van der Waals surface area contributed by atoms with E-state index in [4.69, 9.17) is 5.11 Å². The quantitative estimate of drug-likeness (QED) is 0.333. The Bertz CT molecular complexity index is 816. The number of aromatic hydroxyl groups is 1. The van der Waals surface area contributed by atoms with Crippen LogP contribution in [0.4, 0.5) is 8.78 Å². The van der Waals surface area contributed by atoms with E-state index in [1.165, 1.54) is 50.2 Å². The molecule has 0 atom stereocenters. The smallest absolute Gasteiger partial charge is 0.308 e. The van der Waals surface area contributed by atoms with E-state index >= 15 is 0 Å². The lowest BCUT2D eigenvalue weighted by atomic mass is 10.3. The van der Waals surface area contributed by atoms with Crippen molar-refractivity contribution in [2.75, 3.05) is 0 Å². The molecule has 5 nitrogen and oxygen atoms in total. The topological polar surface area (TPSA) is 76.5 Å². The number of carbonyl (C=O) groups is 2. The first kappa shape index (κ1) is 25.7. The summed E-state index contributed by atoms with van der Waals surface area (Å²) in [4.78, 5) is 23.4. The zero-order valence-electron chi connectivity index (χ0n) is 15.8. The highest BCUT2D eigenvalue weighted by Gasteiger charge is 1.97. The molecule has 0 aliphatic rings. The minimum absolute atomic E-state index is 0.0370. The summed E-state index contributed by atoms with van der Waals surface area (Å²) >= 11 is 4.64. The van der Waals surface area contributed by atoms with Crippen molar-refractivity contribution >= 4 is 22.8 Å². The van der Waals surface area contributed by atoms with E-state index in [9.17, 15) is 18.4 Å². The molecule has 0 bridgehead atoms. The molecule has 0 fully saturated rings. The van der Waals surface area contributed by atoms with E-state index in [-0.39, 0.29) is 16.7 Å². The molecule has 0 aliphatic carbocycles. The number of ether oxygens (including phenoxy) is 1. The van der Waals surface area contributed by atoms with Crippen molar-refractivity contribution in [1.29, 1.82) is 0 Å². The van der Waals surface area contributed by atoms with Crippen molar-refractivity contribution in [3.8, 4) is 11.5 Å². The Morgan fingerprint density at radius 3 is 1.72 bits per heavy atom. The standard InChI is InChI=1S/C8H7FO2.C6H5FO.C5H5N.C2H3ClO/c1-6(10)11-8-4-2-3-7(9)5-8;7-5-2-1-3-6(8)4-5;1-2-4-6-5-3-1;1-2(3)4/h2-5H,1H3;1-4,8H;1-5H;1H3. The molecule has 0 radical (unpaired) electrons. The van der Waals surface area contributed by atoms with E-state index in [1.807, 2.05) is 18.2 Å². The molecule has 29 heavy (non-hydrogen) atoms. The van der Waals surface area contributed by atoms with Crippen LogP contribution in [0.5, 0.6) is 11.5 Å². The summed E-state index contributed by atoms with van der Waals surface area (Å²) in [5.74, 6) is -1.08. The molecule has 154 valence electrons. The zero-order valence-corrected chi connectivity index (χ0v) is 16.5. The summed E-state index contributed by atoms with van der Waals surface area (Å²) in [5.41, 5.74) is 0. The Balaban J connectivity index is 0.000000384. The van der Waals surface area contributed by atoms with Crippen LogP contribution in [0.2, 0.25) is 0 Å². The van der Waals surface area contributed by atoms with Gasteiger partial charge < -0.3 is 9.84 Å². The Morgan fingerprint density at radius 2 is 1.41 bits per heavy atom. The average molecular weight is 424 g/mol. The SMILES string of the molecule is CC(=O)Cl.CC(=O)Oc1cccc(F)c1.Oc1cccc(F)c1.c1ccncc1. The van der Waals surface area contributed by atoms with Crippen LogP contribution in [0.15, 0.2) is 79.1 Å². The monoisotopic (exact) mass is 423 g/mol. The van der Waals surface area contributed by atoms with Gasteiger partial charge in [-0.1, -0.05) is 18.2 Å². The van der Waals surface area contributed by atoms with Crippen LogP contribution in [0.25, 0.3) is 0 Å². The minimum atomic E-state index is -0.449. The summed E-state index contributed by atoms with van der Waals surface area (Å²) in [5, 5.41) is 8.21. The number of halogens is 3. The summed E-state index contributed by atoms with van der Waals surface area (Å²) in [6.07, 6.45) is 3.50. The van der Waals surface area contributed by atoms with Crippen molar-refractivity contribution in [2.24, 2.45) is 0 Å². The Labute approximate surface area is 172 Å². The normalized spacial score (nSPS) is 8.59. The average Bonchev–Trinajstić information content (AvgIpc) is 2.63. The van der Waals surface area contributed by atoms with Gasteiger partial charge in [0, 0.05) is 38.4 Å². The van der Waals surface area contributed by atoms with Gasteiger partial charge in [0.15, 0.2) is 0 Å². The highest BCUT2D eigenvalue weighted by molar-refractivity contribution is 6.62. The van der Waals surface area contributed by atoms with Crippen LogP contribution in [0.1, 0.15) is 13.8 Å². The zero-order chi connectivity index (χ0) is 22.1. The lowest BCUT2D eigenvalue weighted by molar-refractivity contribution is -0.131. The molecule has 1 N–H and O–H groups in total. The Morgan fingerprint density at radius 1 is 0.897 bits per heavy atom. The maximum Gasteiger partial charge on any atom is 0.308 e. The van der Waals surface area contributed by atoms with Crippen molar-refractivity contribution in [2.45, 2.75) is 13.8 Å². The van der Waals surface area contributed by atoms with E-state index < -0.39 is 17.6 Å². The number of hydrogen-bond donors (Lipinski definition) is 1. The molecule has 0 saturated heterocycles. The van der Waals surface area contributed by atoms with Gasteiger partial charge in [-0.05, 0) is 48.0 Å². The predicted molar refractivity (Wildman–Crippen MR) is 107 cm³/mol. The van der Waals surface area contributed by atoms with Gasteiger partial charge in [-0.2, -0.15) is 0 Å². The number of hydrogen-bond acceptors (Lipinski definition) is 5. The van der Waals surface area contributed by atoms with Gasteiger partial charge in [0.05, 0.1) is 0 Å². The van der Waals surface area contributed by atoms with E-state index in [1.54, 1.807) is 12.4 Å². The van der Waals surface area contributed by atoms with Gasteiger partial charge in [0.25, 0.3) is 0 Å². The van der Waals surface area contributed by atoms with Crippen LogP contribution in [0, 0.1) is 11.6 Å². The van der Waals surface area contributed by atoms with E-state index in [0.29, 0.717) is 0 Å². The minimum Gasteiger partial charge on any atom is -0.508 e. The third-order valence-electron chi connectivity index (χ3n) is 2.43. The molecule has 0 unspecified atom stereocenters. The highest BCUT2D eigenvalue weighted by Crippen LogP contribution is 2.11. The first-order chi connectivity index (χ1) is 13.7. The van der Waals surface area contributed by atoms with Gasteiger partial charge >= 0.3 is 5.97 Å². The lowest BCUT2D eigenvalue weighted by Gasteiger charge is -1.98. The first-order valence-electron chi connectivity index (χ1n) is 8.10. The number of rotatable bonds is 1. The van der Waals surface area contributed by atoms with Gasteiger partial charge in [-0.3, -0.25) is 14.6 Å². The largest absolute Gasteiger partial charge is 0.508 e. The van der Waals surface area contributed by atoms with Crippen molar-refractivity contribution in [3.63, 3.8) is 0 Å². The molecule has 1 aromatic heterocycles. The van der Waals surface area contributed by atoms with E-state index in [2.05, 4.69) is 21.3 Å². The second kappa shape index (κ2) is 15.7. The number of esters is 1. The number of phenolic OH excluding ortho intramolecular Hbond substituents is 1. The Kier molecular flexibility index (Phi) is 13.9. The molecule has 0 saturated carbocycles. The first-order valence-corrected chi connectivity index (χ1v) is 8.48. The molecule has 3 aromatic rings. The number of nitrogens with zero attached hydrogens (tertiary/aromatic N) is 1. The summed E-state index contributed by atoms with van der Waals surface area (Å²) in [6, 6.07) is 16.4. The number of phenols is 1. The Hall–Kier alpha value is -3.32. The number of pyridine rings is 1. The molecular formula is C21H20ClF2NO4. The molecule has 3 rings (SSSR count). The van der Waals surface area contributed by atoms with Crippen molar-refractivity contribution < 1.29 is 28.2 Å². The summed E-state index contributed by atoms with van der Waals surface area (Å²) in [6.45, 7) is 2.56. The molecule has 0 amide bonds. The fourth-order valence-electron chi connectivity index (χ4n) is 1.49. The molecular weight excluding hydrogens is 404 g/mol. The van der Waals surface area contributed by atoms with Gasteiger partial charge in [0.1, 0.15) is 23.1 Å². The molecule has 8 heteroatoms. The molecule has 0 aliphatic heterocycles. The third-order valence-corrected chi connectivity index (χ3v) is 2.43. The second-order valence-electron chi connectivity index (χ2n) is 5.03. The fourth-order valence-corrected chi connectivity index (χ4v) is 1.49. The highest BCUT2D eigenvalue weighted by atomic mass is 35.5. The van der Waals surface area contributed by atoms with Crippen LogP contribution < -0.4 is 4.74 Å². The number of benzene rings is 2. The maximum absolute atomic E-state index is 12.4. The van der Waals surface area contributed by atoms with Crippen LogP contribution in [0.3, 0.4) is 0 Å². The predicted octanol–water partition coefficient (Wildman–Crippen LogP) is 5.14. The third kappa shape index (κ3) is 17.8. The maximum atomic E-state index is 12.4. The summed E-state index contributed by atoms with van der Waals surface area (Å²) in [7, 11) is 0. The van der Waals surface area contributed by atoms with Crippen LogP contribution in [-0.4, -0.2) is 21.3 Å². The van der Waals surface area contributed by atoms with Crippen molar-refractivity contribution in [1.82, 2.24) is 4.98 Å². The molecule has 1 heterocycles.